The van der Waals surface area contributed by atoms with E-state index in [2.05, 4.69) is 16.4 Å². The summed E-state index contributed by atoms with van der Waals surface area (Å²) in [5, 5.41) is 3.11. The molecule has 1 aromatic heterocycles. The van der Waals surface area contributed by atoms with E-state index in [9.17, 15) is 0 Å². The van der Waals surface area contributed by atoms with E-state index in [0.29, 0.717) is 5.89 Å². The van der Waals surface area contributed by atoms with E-state index in [1.807, 2.05) is 26.1 Å². The number of oxazole rings is 1. The lowest BCUT2D eigenvalue weighted by molar-refractivity contribution is 0.357. The van der Waals surface area contributed by atoms with Crippen LogP contribution in [-0.2, 0) is 6.42 Å². The lowest BCUT2D eigenvalue weighted by Gasteiger charge is -2.04. The molecule has 0 radical (unpaired) electrons. The third-order valence-electron chi connectivity index (χ3n) is 3.30. The van der Waals surface area contributed by atoms with Crippen LogP contribution < -0.4 is 10.1 Å². The number of benzene rings is 1. The lowest BCUT2D eigenvalue weighted by Crippen LogP contribution is -2.12. The summed E-state index contributed by atoms with van der Waals surface area (Å²) in [6.45, 7) is 2.80. The third-order valence-corrected chi connectivity index (χ3v) is 3.30. The summed E-state index contributed by atoms with van der Waals surface area (Å²) in [4.78, 5) is 4.30. The second kappa shape index (κ2) is 4.46. The molecule has 0 bridgehead atoms. The number of fused-ring (bicyclic) bond motifs is 1. The summed E-state index contributed by atoms with van der Waals surface area (Å²) >= 11 is 0. The molecule has 4 nitrogen and oxygen atoms in total. The molecule has 2 aromatic rings. The second-order valence-electron chi connectivity index (χ2n) is 4.49. The van der Waals surface area contributed by atoms with Crippen molar-refractivity contribution in [2.75, 3.05) is 13.7 Å². The molecule has 0 saturated carbocycles. The van der Waals surface area contributed by atoms with Crippen LogP contribution in [0.25, 0.3) is 11.3 Å². The highest BCUT2D eigenvalue weighted by atomic mass is 16.5. The van der Waals surface area contributed by atoms with Crippen molar-refractivity contribution in [1.29, 1.82) is 0 Å². The fourth-order valence-corrected chi connectivity index (χ4v) is 2.08. The largest absolute Gasteiger partial charge is 0.493 e. The zero-order valence-electron chi connectivity index (χ0n) is 10.6. The number of ether oxygens (including phenoxy) is 1. The minimum atomic E-state index is 0.122. The first kappa shape index (κ1) is 11.3. The normalized spacial score (nSPS) is 15.2. The lowest BCUT2D eigenvalue weighted by atomic mass is 10.1. The first-order valence-electron chi connectivity index (χ1n) is 6.17. The Morgan fingerprint density at radius 2 is 2.28 bits per heavy atom. The van der Waals surface area contributed by atoms with Gasteiger partial charge in [-0.3, -0.25) is 0 Å². The summed E-state index contributed by atoms with van der Waals surface area (Å²) < 4.78 is 11.3. The fraction of sp³-hybridized carbons (Fsp3) is 0.357. The van der Waals surface area contributed by atoms with E-state index in [1.54, 1.807) is 6.20 Å². The van der Waals surface area contributed by atoms with Gasteiger partial charge in [0.05, 0.1) is 18.8 Å². The average molecular weight is 244 g/mol. The highest BCUT2D eigenvalue weighted by Gasteiger charge is 2.15. The molecule has 0 spiro atoms. The molecule has 94 valence electrons. The van der Waals surface area contributed by atoms with Gasteiger partial charge in [-0.1, -0.05) is 0 Å². The molecular weight excluding hydrogens is 228 g/mol. The highest BCUT2D eigenvalue weighted by molar-refractivity contribution is 5.60. The predicted octanol–water partition coefficient (Wildman–Crippen LogP) is 2.56. The van der Waals surface area contributed by atoms with Crippen molar-refractivity contribution < 1.29 is 9.15 Å². The van der Waals surface area contributed by atoms with Gasteiger partial charge < -0.3 is 14.5 Å². The Labute approximate surface area is 106 Å². The van der Waals surface area contributed by atoms with Gasteiger partial charge in [-0.25, -0.2) is 4.98 Å². The molecule has 0 aliphatic carbocycles. The summed E-state index contributed by atoms with van der Waals surface area (Å²) in [5.41, 5.74) is 2.30. The van der Waals surface area contributed by atoms with Gasteiger partial charge >= 0.3 is 0 Å². The van der Waals surface area contributed by atoms with Crippen molar-refractivity contribution in [1.82, 2.24) is 10.3 Å². The van der Waals surface area contributed by atoms with Gasteiger partial charge in [0, 0.05) is 12.0 Å². The van der Waals surface area contributed by atoms with Gasteiger partial charge in [-0.2, -0.15) is 0 Å². The fourth-order valence-electron chi connectivity index (χ4n) is 2.08. The SMILES string of the molecule is CNC(C)c1ncc(-c2ccc3c(c2)CCO3)o1. The van der Waals surface area contributed by atoms with E-state index in [-0.39, 0.29) is 6.04 Å². The van der Waals surface area contributed by atoms with Crippen LogP contribution >= 0.6 is 0 Å². The molecule has 0 fully saturated rings. The van der Waals surface area contributed by atoms with Crippen molar-refractivity contribution >= 4 is 0 Å². The van der Waals surface area contributed by atoms with E-state index in [4.69, 9.17) is 9.15 Å². The molecule has 3 rings (SSSR count). The number of aromatic nitrogens is 1. The highest BCUT2D eigenvalue weighted by Crippen LogP contribution is 2.31. The predicted molar refractivity (Wildman–Crippen MR) is 68.6 cm³/mol. The van der Waals surface area contributed by atoms with Gasteiger partial charge in [-0.05, 0) is 37.7 Å². The van der Waals surface area contributed by atoms with Crippen LogP contribution in [0.2, 0.25) is 0 Å². The van der Waals surface area contributed by atoms with E-state index >= 15 is 0 Å². The maximum absolute atomic E-state index is 5.77. The smallest absolute Gasteiger partial charge is 0.211 e. The van der Waals surface area contributed by atoms with E-state index in [1.165, 1.54) is 5.56 Å². The van der Waals surface area contributed by atoms with Crippen LogP contribution in [-0.4, -0.2) is 18.6 Å². The van der Waals surface area contributed by atoms with Gasteiger partial charge in [0.2, 0.25) is 5.89 Å². The molecule has 18 heavy (non-hydrogen) atoms. The molecule has 1 aliphatic heterocycles. The summed E-state index contributed by atoms with van der Waals surface area (Å²) in [6, 6.07) is 6.26. The Balaban J connectivity index is 1.92. The molecule has 2 heterocycles. The first-order valence-corrected chi connectivity index (χ1v) is 6.17. The van der Waals surface area contributed by atoms with Gasteiger partial charge in [0.15, 0.2) is 5.76 Å². The van der Waals surface area contributed by atoms with Crippen molar-refractivity contribution in [2.24, 2.45) is 0 Å². The van der Waals surface area contributed by atoms with Crippen LogP contribution in [0.4, 0.5) is 0 Å². The maximum Gasteiger partial charge on any atom is 0.211 e. The molecular formula is C14H16N2O2. The zero-order valence-corrected chi connectivity index (χ0v) is 10.6. The Morgan fingerprint density at radius 3 is 3.11 bits per heavy atom. The minimum absolute atomic E-state index is 0.122. The van der Waals surface area contributed by atoms with Crippen LogP contribution in [0.15, 0.2) is 28.8 Å². The molecule has 0 amide bonds. The first-order chi connectivity index (χ1) is 8.78. The van der Waals surface area contributed by atoms with Crippen molar-refractivity contribution in [3.05, 3.63) is 35.9 Å². The molecule has 1 atom stereocenters. The molecule has 1 unspecified atom stereocenters. The second-order valence-corrected chi connectivity index (χ2v) is 4.49. The Hall–Kier alpha value is -1.81. The molecule has 4 heteroatoms. The van der Waals surface area contributed by atoms with Crippen molar-refractivity contribution in [2.45, 2.75) is 19.4 Å². The number of hydrogen-bond acceptors (Lipinski definition) is 4. The Bertz CT molecular complexity index is 563. The number of rotatable bonds is 3. The summed E-state index contributed by atoms with van der Waals surface area (Å²) in [7, 11) is 1.89. The standard InChI is InChI=1S/C14H16N2O2/c1-9(15-2)14-16-8-13(18-14)10-3-4-12-11(7-10)5-6-17-12/h3-4,7-9,15H,5-6H2,1-2H3. The number of nitrogens with zero attached hydrogens (tertiary/aromatic N) is 1. The molecule has 1 aliphatic rings. The molecule has 0 saturated heterocycles. The Kier molecular flexibility index (Phi) is 2.80. The third kappa shape index (κ3) is 1.88. The van der Waals surface area contributed by atoms with Crippen LogP contribution in [0.3, 0.4) is 0 Å². The van der Waals surface area contributed by atoms with Crippen LogP contribution in [0, 0.1) is 0 Å². The maximum atomic E-state index is 5.77. The topological polar surface area (TPSA) is 47.3 Å². The zero-order chi connectivity index (χ0) is 12.5. The average Bonchev–Trinajstić information content (AvgIpc) is 3.05. The quantitative estimate of drug-likeness (QED) is 0.901. The van der Waals surface area contributed by atoms with Crippen molar-refractivity contribution in [3.8, 4) is 17.1 Å². The summed E-state index contributed by atoms with van der Waals surface area (Å²) in [5.74, 6) is 2.51. The van der Waals surface area contributed by atoms with Gasteiger partial charge in [0.1, 0.15) is 5.75 Å². The van der Waals surface area contributed by atoms with E-state index < -0.39 is 0 Å². The number of nitrogens with one attached hydrogen (secondary N) is 1. The van der Waals surface area contributed by atoms with Gasteiger partial charge in [-0.15, -0.1) is 0 Å². The molecule has 1 aromatic carbocycles. The van der Waals surface area contributed by atoms with Gasteiger partial charge in [0.25, 0.3) is 0 Å². The van der Waals surface area contributed by atoms with E-state index in [0.717, 1.165) is 30.1 Å². The van der Waals surface area contributed by atoms with Crippen LogP contribution in [0.5, 0.6) is 5.75 Å². The van der Waals surface area contributed by atoms with Crippen molar-refractivity contribution in [3.63, 3.8) is 0 Å². The summed E-state index contributed by atoms with van der Waals surface area (Å²) in [6.07, 6.45) is 2.75. The number of hydrogen-bond donors (Lipinski definition) is 1. The molecule has 1 N–H and O–H groups in total. The Morgan fingerprint density at radius 1 is 1.39 bits per heavy atom. The monoisotopic (exact) mass is 244 g/mol. The minimum Gasteiger partial charge on any atom is -0.493 e. The van der Waals surface area contributed by atoms with Crippen LogP contribution in [0.1, 0.15) is 24.4 Å².